The Bertz CT molecular complexity index is 613. The minimum Gasteiger partial charge on any atom is -0.324 e. The molecule has 0 unspecified atom stereocenters. The third-order valence-corrected chi connectivity index (χ3v) is 3.68. The summed E-state index contributed by atoms with van der Waals surface area (Å²) in [7, 11) is 0. The van der Waals surface area contributed by atoms with E-state index >= 15 is 0 Å². The van der Waals surface area contributed by atoms with Crippen LogP contribution in [0.3, 0.4) is 0 Å². The van der Waals surface area contributed by atoms with Crippen LogP contribution in [0.2, 0.25) is 0 Å². The smallest absolute Gasteiger partial charge is 0.146 e. The highest BCUT2D eigenvalue weighted by Gasteiger charge is 2.15. The molecular weight excluding hydrogens is 287 g/mol. The minimum absolute atomic E-state index is 0.247. The van der Waals surface area contributed by atoms with Gasteiger partial charge in [0.25, 0.3) is 0 Å². The third kappa shape index (κ3) is 3.53. The van der Waals surface area contributed by atoms with E-state index in [9.17, 15) is 4.39 Å². The molecule has 0 atom stereocenters. The van der Waals surface area contributed by atoms with E-state index in [-0.39, 0.29) is 5.82 Å². The van der Waals surface area contributed by atoms with Crippen molar-refractivity contribution in [1.29, 1.82) is 0 Å². The van der Waals surface area contributed by atoms with Crippen molar-refractivity contribution in [2.45, 2.75) is 32.6 Å². The Morgan fingerprint density at radius 2 is 1.95 bits per heavy atom. The number of aromatic nitrogens is 1. The average molecular weight is 307 g/mol. The van der Waals surface area contributed by atoms with Gasteiger partial charge < -0.3 is 4.90 Å². The summed E-state index contributed by atoms with van der Waals surface area (Å²) in [5.41, 5.74) is 2.51. The monoisotopic (exact) mass is 306 g/mol. The van der Waals surface area contributed by atoms with Gasteiger partial charge in [-0.1, -0.05) is 26.0 Å². The Balaban J connectivity index is 2.52. The van der Waals surface area contributed by atoms with Gasteiger partial charge in [0.05, 0.1) is 5.69 Å². The van der Waals surface area contributed by atoms with E-state index in [1.54, 1.807) is 12.1 Å². The molecule has 4 heteroatoms. The molecule has 0 saturated heterocycles. The second-order valence-electron chi connectivity index (χ2n) is 5.24. The van der Waals surface area contributed by atoms with Crippen molar-refractivity contribution in [3.63, 3.8) is 0 Å². The van der Waals surface area contributed by atoms with Gasteiger partial charge in [0.1, 0.15) is 11.6 Å². The average Bonchev–Trinajstić information content (AvgIpc) is 2.49. The van der Waals surface area contributed by atoms with Gasteiger partial charge in [-0.3, -0.25) is 0 Å². The van der Waals surface area contributed by atoms with Crippen LogP contribution < -0.4 is 4.90 Å². The molecule has 2 nitrogen and oxygen atoms in total. The zero-order chi connectivity index (χ0) is 15.4. The largest absolute Gasteiger partial charge is 0.324 e. The molecule has 1 aromatic heterocycles. The highest BCUT2D eigenvalue weighted by atomic mass is 35.5. The van der Waals surface area contributed by atoms with Crippen LogP contribution in [0.1, 0.15) is 37.9 Å². The van der Waals surface area contributed by atoms with Gasteiger partial charge >= 0.3 is 0 Å². The van der Waals surface area contributed by atoms with Crippen molar-refractivity contribution in [2.24, 2.45) is 0 Å². The number of benzene rings is 1. The van der Waals surface area contributed by atoms with Gasteiger partial charge in [-0.25, -0.2) is 9.37 Å². The summed E-state index contributed by atoms with van der Waals surface area (Å²) in [6.07, 6.45) is 0. The zero-order valence-electron chi connectivity index (χ0n) is 12.6. The SMILES string of the molecule is CCN(c1cc(CCl)cc(C(C)C)n1)c1ccccc1F. The molecule has 21 heavy (non-hydrogen) atoms. The molecule has 0 aliphatic carbocycles. The number of rotatable bonds is 5. The number of hydrogen-bond acceptors (Lipinski definition) is 2. The molecule has 0 saturated carbocycles. The lowest BCUT2D eigenvalue weighted by atomic mass is 10.1. The molecule has 2 rings (SSSR count). The van der Waals surface area contributed by atoms with E-state index in [1.165, 1.54) is 6.07 Å². The Kier molecular flexibility index (Phi) is 5.18. The first-order chi connectivity index (χ1) is 10.1. The molecule has 0 spiro atoms. The van der Waals surface area contributed by atoms with Crippen molar-refractivity contribution >= 4 is 23.1 Å². The van der Waals surface area contributed by atoms with Gasteiger partial charge in [0.2, 0.25) is 0 Å². The third-order valence-electron chi connectivity index (χ3n) is 3.37. The van der Waals surface area contributed by atoms with E-state index in [2.05, 4.69) is 18.8 Å². The number of para-hydroxylation sites is 1. The van der Waals surface area contributed by atoms with Crippen LogP contribution >= 0.6 is 11.6 Å². The molecule has 0 bridgehead atoms. The molecule has 0 aliphatic heterocycles. The lowest BCUT2D eigenvalue weighted by Crippen LogP contribution is -2.19. The lowest BCUT2D eigenvalue weighted by molar-refractivity contribution is 0.625. The van der Waals surface area contributed by atoms with Gasteiger partial charge in [-0.15, -0.1) is 11.6 Å². The van der Waals surface area contributed by atoms with Gasteiger partial charge in [0, 0.05) is 18.1 Å². The Labute approximate surface area is 130 Å². The van der Waals surface area contributed by atoms with Crippen LogP contribution in [0.4, 0.5) is 15.9 Å². The molecule has 1 heterocycles. The van der Waals surface area contributed by atoms with E-state index in [0.717, 1.165) is 17.1 Å². The van der Waals surface area contributed by atoms with Crippen molar-refractivity contribution in [3.05, 3.63) is 53.5 Å². The normalized spacial score (nSPS) is 11.0. The van der Waals surface area contributed by atoms with Gasteiger partial charge in [0.15, 0.2) is 0 Å². The Hall–Kier alpha value is -1.61. The molecule has 112 valence electrons. The number of alkyl halides is 1. The summed E-state index contributed by atoms with van der Waals surface area (Å²) in [6.45, 7) is 6.79. The first kappa shape index (κ1) is 15.8. The first-order valence-corrected chi connectivity index (χ1v) is 7.69. The van der Waals surface area contributed by atoms with Gasteiger partial charge in [-0.05, 0) is 42.7 Å². The Morgan fingerprint density at radius 3 is 2.52 bits per heavy atom. The van der Waals surface area contributed by atoms with Gasteiger partial charge in [-0.2, -0.15) is 0 Å². The van der Waals surface area contributed by atoms with Crippen molar-refractivity contribution < 1.29 is 4.39 Å². The number of pyridine rings is 1. The number of halogens is 2. The minimum atomic E-state index is -0.247. The summed E-state index contributed by atoms with van der Waals surface area (Å²) >= 11 is 5.98. The van der Waals surface area contributed by atoms with E-state index in [0.29, 0.717) is 24.0 Å². The molecule has 0 aliphatic rings. The summed E-state index contributed by atoms with van der Waals surface area (Å²) in [4.78, 5) is 6.54. The standard InChI is InChI=1S/C17H20ClFN2/c1-4-21(16-8-6-5-7-14(16)19)17-10-13(11-18)9-15(20-17)12(2)3/h5-10,12H,4,11H2,1-3H3. The van der Waals surface area contributed by atoms with E-state index in [4.69, 9.17) is 11.6 Å². The second-order valence-corrected chi connectivity index (χ2v) is 5.51. The fourth-order valence-electron chi connectivity index (χ4n) is 2.23. The highest BCUT2D eigenvalue weighted by Crippen LogP contribution is 2.28. The molecule has 2 aromatic rings. The maximum absolute atomic E-state index is 14.1. The zero-order valence-corrected chi connectivity index (χ0v) is 13.4. The fourth-order valence-corrected chi connectivity index (χ4v) is 2.39. The van der Waals surface area contributed by atoms with Crippen LogP contribution in [0.15, 0.2) is 36.4 Å². The summed E-state index contributed by atoms with van der Waals surface area (Å²) < 4.78 is 14.1. The molecule has 1 aromatic carbocycles. The Morgan fingerprint density at radius 1 is 1.24 bits per heavy atom. The maximum atomic E-state index is 14.1. The van der Waals surface area contributed by atoms with Crippen molar-refractivity contribution in [1.82, 2.24) is 4.98 Å². The van der Waals surface area contributed by atoms with Crippen LogP contribution in [0, 0.1) is 5.82 Å². The van der Waals surface area contributed by atoms with Crippen LogP contribution in [0.5, 0.6) is 0 Å². The topological polar surface area (TPSA) is 16.1 Å². The maximum Gasteiger partial charge on any atom is 0.146 e. The number of hydrogen-bond donors (Lipinski definition) is 0. The highest BCUT2D eigenvalue weighted by molar-refractivity contribution is 6.17. The molecule has 0 amide bonds. The van der Waals surface area contributed by atoms with E-state index in [1.807, 2.05) is 30.0 Å². The summed E-state index contributed by atoms with van der Waals surface area (Å²) in [5, 5.41) is 0. The molecular formula is C17H20ClFN2. The summed E-state index contributed by atoms with van der Waals surface area (Å²) in [6, 6.07) is 10.7. The quantitative estimate of drug-likeness (QED) is 0.702. The number of anilines is 2. The predicted octanol–water partition coefficient (Wildman–Crippen LogP) is 5.24. The molecule has 0 fully saturated rings. The first-order valence-electron chi connectivity index (χ1n) is 7.15. The van der Waals surface area contributed by atoms with E-state index < -0.39 is 0 Å². The fraction of sp³-hybridized carbons (Fsp3) is 0.353. The molecule has 0 radical (unpaired) electrons. The molecule has 0 N–H and O–H groups in total. The van der Waals surface area contributed by atoms with Crippen molar-refractivity contribution in [3.8, 4) is 0 Å². The van der Waals surface area contributed by atoms with Crippen LogP contribution in [0.25, 0.3) is 0 Å². The lowest BCUT2D eigenvalue weighted by Gasteiger charge is -2.24. The van der Waals surface area contributed by atoms with Crippen molar-refractivity contribution in [2.75, 3.05) is 11.4 Å². The predicted molar refractivity (Wildman–Crippen MR) is 87.0 cm³/mol. The summed E-state index contributed by atoms with van der Waals surface area (Å²) in [5.74, 6) is 1.21. The van der Waals surface area contributed by atoms with Crippen LogP contribution in [-0.4, -0.2) is 11.5 Å². The second kappa shape index (κ2) is 6.90. The number of nitrogens with zero attached hydrogens (tertiary/aromatic N) is 2. The van der Waals surface area contributed by atoms with Crippen LogP contribution in [-0.2, 0) is 5.88 Å².